The molecule has 0 fully saturated rings. The Bertz CT molecular complexity index is 1060. The van der Waals surface area contributed by atoms with Crippen molar-refractivity contribution in [2.24, 2.45) is 0 Å². The number of thioether (sulfide) groups is 1. The first-order chi connectivity index (χ1) is 15.6. The van der Waals surface area contributed by atoms with Crippen molar-refractivity contribution < 1.29 is 14.3 Å². The Morgan fingerprint density at radius 1 is 1.31 bits per heavy atom. The number of hydrogen-bond donors (Lipinski definition) is 3. The molecule has 0 spiro atoms. The molecule has 3 rings (SSSR count). The Morgan fingerprint density at radius 2 is 2.16 bits per heavy atom. The van der Waals surface area contributed by atoms with Crippen LogP contribution in [0.2, 0.25) is 5.02 Å². The van der Waals surface area contributed by atoms with Crippen molar-refractivity contribution >= 4 is 41.0 Å². The van der Waals surface area contributed by atoms with Gasteiger partial charge in [-0.1, -0.05) is 17.7 Å². The fourth-order valence-corrected chi connectivity index (χ4v) is 3.86. The van der Waals surface area contributed by atoms with Crippen molar-refractivity contribution in [3.05, 3.63) is 52.9 Å². The highest BCUT2D eigenvalue weighted by Gasteiger charge is 2.22. The number of likely N-dealkylation sites (N-methyl/N-ethyl adjacent to an activating group) is 1. The maximum atomic E-state index is 12.2. The number of carbonyl (C=O) groups excluding carboxylic acids is 1. The van der Waals surface area contributed by atoms with Crippen molar-refractivity contribution in [1.82, 2.24) is 15.3 Å². The van der Waals surface area contributed by atoms with Crippen LogP contribution in [0.1, 0.15) is 16.1 Å². The van der Waals surface area contributed by atoms with Crippen LogP contribution >= 0.6 is 23.4 Å². The third kappa shape index (κ3) is 5.38. The highest BCUT2D eigenvalue weighted by Crippen LogP contribution is 2.41. The van der Waals surface area contributed by atoms with E-state index in [1.54, 1.807) is 37.3 Å². The number of nitrogens with one attached hydrogen (secondary N) is 3. The molecule has 0 amide bonds. The maximum absolute atomic E-state index is 12.2. The molecule has 1 aromatic carbocycles. The standard InChI is InChI=1S/C23H27ClN4O3S/c1-25-9-8-18-16(14-29)22(28-19-6-4-5-17(24)23(19)30-2)21(27-18)15-7-10-26-13-20(15)31-11-12-32-3/h4-7,10,13-14,25,27-28H,8-9,11-12H2,1-3H3. The number of halogens is 1. The van der Waals surface area contributed by atoms with Crippen LogP contribution < -0.4 is 20.1 Å². The van der Waals surface area contributed by atoms with Gasteiger partial charge in [-0.3, -0.25) is 9.78 Å². The molecule has 0 saturated carbocycles. The lowest BCUT2D eigenvalue weighted by Gasteiger charge is -2.15. The summed E-state index contributed by atoms with van der Waals surface area (Å²) in [5, 5.41) is 6.97. The van der Waals surface area contributed by atoms with E-state index in [0.29, 0.717) is 53.0 Å². The van der Waals surface area contributed by atoms with Crippen LogP contribution in [-0.2, 0) is 6.42 Å². The molecule has 7 nitrogen and oxygen atoms in total. The first-order valence-electron chi connectivity index (χ1n) is 10.1. The largest absolute Gasteiger partial charge is 0.493 e. The summed E-state index contributed by atoms with van der Waals surface area (Å²) >= 11 is 8.02. The molecule has 0 aliphatic rings. The quantitative estimate of drug-likeness (QED) is 0.256. The number of hydrogen-bond acceptors (Lipinski definition) is 7. The van der Waals surface area contributed by atoms with Crippen LogP contribution in [-0.4, -0.2) is 55.6 Å². The van der Waals surface area contributed by atoms with E-state index in [2.05, 4.69) is 20.6 Å². The molecule has 0 aliphatic carbocycles. The van der Waals surface area contributed by atoms with E-state index >= 15 is 0 Å². The van der Waals surface area contributed by atoms with Gasteiger partial charge in [0.1, 0.15) is 5.75 Å². The molecule has 0 unspecified atom stereocenters. The summed E-state index contributed by atoms with van der Waals surface area (Å²) in [5.41, 5.74) is 4.20. The maximum Gasteiger partial charge on any atom is 0.160 e. The highest BCUT2D eigenvalue weighted by atomic mass is 35.5. The van der Waals surface area contributed by atoms with E-state index in [9.17, 15) is 4.79 Å². The molecular formula is C23H27ClN4O3S. The number of aldehydes is 1. The summed E-state index contributed by atoms with van der Waals surface area (Å²) in [6.45, 7) is 1.27. The zero-order valence-electron chi connectivity index (χ0n) is 18.3. The molecule has 2 aromatic heterocycles. The van der Waals surface area contributed by atoms with Crippen LogP contribution in [0.5, 0.6) is 11.5 Å². The number of nitrogens with zero attached hydrogens (tertiary/aromatic N) is 1. The Balaban J connectivity index is 2.14. The van der Waals surface area contributed by atoms with Gasteiger partial charge in [0.2, 0.25) is 0 Å². The zero-order chi connectivity index (χ0) is 22.9. The van der Waals surface area contributed by atoms with E-state index in [0.717, 1.165) is 29.0 Å². The van der Waals surface area contributed by atoms with Crippen LogP contribution in [0.3, 0.4) is 0 Å². The Morgan fingerprint density at radius 3 is 2.88 bits per heavy atom. The normalized spacial score (nSPS) is 10.8. The van der Waals surface area contributed by atoms with Gasteiger partial charge in [0.15, 0.2) is 12.0 Å². The van der Waals surface area contributed by atoms with Crippen LogP contribution in [0.15, 0.2) is 36.7 Å². The molecule has 0 atom stereocenters. The second-order valence-corrected chi connectivity index (χ2v) is 8.29. The van der Waals surface area contributed by atoms with Crippen molar-refractivity contribution in [2.45, 2.75) is 6.42 Å². The lowest BCUT2D eigenvalue weighted by atomic mass is 10.1. The number of carbonyl (C=O) groups is 1. The predicted molar refractivity (Wildman–Crippen MR) is 132 cm³/mol. The highest BCUT2D eigenvalue weighted by molar-refractivity contribution is 7.98. The van der Waals surface area contributed by atoms with Crippen molar-refractivity contribution in [2.75, 3.05) is 44.6 Å². The SMILES string of the molecule is CNCCc1[nH]c(-c2ccncc2OCCSC)c(Nc2cccc(Cl)c2OC)c1C=O. The number of benzene rings is 1. The molecule has 170 valence electrons. The van der Waals surface area contributed by atoms with Gasteiger partial charge in [-0.15, -0.1) is 0 Å². The monoisotopic (exact) mass is 474 g/mol. The zero-order valence-corrected chi connectivity index (χ0v) is 19.9. The molecule has 0 radical (unpaired) electrons. The van der Waals surface area contributed by atoms with Gasteiger partial charge >= 0.3 is 0 Å². The second kappa shape index (κ2) is 11.8. The van der Waals surface area contributed by atoms with E-state index in [4.69, 9.17) is 21.1 Å². The summed E-state index contributed by atoms with van der Waals surface area (Å²) in [4.78, 5) is 19.8. The number of pyridine rings is 1. The number of anilines is 2. The fraction of sp³-hybridized carbons (Fsp3) is 0.304. The predicted octanol–water partition coefficient (Wildman–Crippen LogP) is 4.80. The average Bonchev–Trinajstić information content (AvgIpc) is 3.15. The Hall–Kier alpha value is -2.68. The van der Waals surface area contributed by atoms with Crippen LogP contribution in [0.25, 0.3) is 11.3 Å². The minimum Gasteiger partial charge on any atom is -0.493 e. The van der Waals surface area contributed by atoms with E-state index < -0.39 is 0 Å². The van der Waals surface area contributed by atoms with Gasteiger partial charge in [0.05, 0.1) is 47.6 Å². The molecule has 3 N–H and O–H groups in total. The number of para-hydroxylation sites is 1. The molecular weight excluding hydrogens is 448 g/mol. The molecule has 0 saturated heterocycles. The van der Waals surface area contributed by atoms with Crippen LogP contribution in [0, 0.1) is 0 Å². The minimum atomic E-state index is 0.475. The van der Waals surface area contributed by atoms with Gasteiger partial charge in [-0.25, -0.2) is 0 Å². The average molecular weight is 475 g/mol. The number of ether oxygens (including phenoxy) is 2. The lowest BCUT2D eigenvalue weighted by Crippen LogP contribution is -2.11. The number of methoxy groups -OCH3 is 1. The summed E-state index contributed by atoms with van der Waals surface area (Å²) in [6, 6.07) is 7.30. The number of rotatable bonds is 12. The lowest BCUT2D eigenvalue weighted by molar-refractivity contribution is 0.112. The van der Waals surface area contributed by atoms with Crippen molar-refractivity contribution in [3.8, 4) is 22.8 Å². The minimum absolute atomic E-state index is 0.475. The Labute approximate surface area is 197 Å². The van der Waals surface area contributed by atoms with E-state index in [1.807, 2.05) is 31.5 Å². The fourth-order valence-electron chi connectivity index (χ4n) is 3.36. The van der Waals surface area contributed by atoms with Crippen LogP contribution in [0.4, 0.5) is 11.4 Å². The summed E-state index contributed by atoms with van der Waals surface area (Å²) in [6.07, 6.45) is 6.94. The van der Waals surface area contributed by atoms with Gasteiger partial charge in [-0.2, -0.15) is 11.8 Å². The summed E-state index contributed by atoms with van der Waals surface area (Å²) in [5.74, 6) is 2.00. The van der Waals surface area contributed by atoms with Gasteiger partial charge in [0, 0.05) is 36.2 Å². The summed E-state index contributed by atoms with van der Waals surface area (Å²) < 4.78 is 11.5. The first-order valence-corrected chi connectivity index (χ1v) is 11.9. The number of aromatic amines is 1. The topological polar surface area (TPSA) is 88.3 Å². The van der Waals surface area contributed by atoms with Gasteiger partial charge < -0.3 is 25.1 Å². The second-order valence-electron chi connectivity index (χ2n) is 6.90. The molecule has 9 heteroatoms. The smallest absolute Gasteiger partial charge is 0.160 e. The van der Waals surface area contributed by atoms with Crippen molar-refractivity contribution in [3.63, 3.8) is 0 Å². The van der Waals surface area contributed by atoms with Gasteiger partial charge in [-0.05, 0) is 31.5 Å². The first kappa shape index (κ1) is 24.0. The molecule has 3 aromatic rings. The summed E-state index contributed by atoms with van der Waals surface area (Å²) in [7, 11) is 3.44. The molecule has 2 heterocycles. The molecule has 0 aliphatic heterocycles. The third-order valence-electron chi connectivity index (χ3n) is 4.89. The van der Waals surface area contributed by atoms with E-state index in [1.165, 1.54) is 0 Å². The molecule has 0 bridgehead atoms. The van der Waals surface area contributed by atoms with E-state index in [-0.39, 0.29) is 0 Å². The number of aromatic nitrogens is 2. The van der Waals surface area contributed by atoms with Gasteiger partial charge in [0.25, 0.3) is 0 Å². The molecule has 32 heavy (non-hydrogen) atoms. The van der Waals surface area contributed by atoms with Crippen molar-refractivity contribution in [1.29, 1.82) is 0 Å². The number of H-pyrrole nitrogens is 1. The third-order valence-corrected chi connectivity index (χ3v) is 5.77. The Kier molecular flexibility index (Phi) is 8.84.